The van der Waals surface area contributed by atoms with Crippen LogP contribution in [-0.2, 0) is 16.5 Å². The Kier molecular flexibility index (Phi) is 7.66. The van der Waals surface area contributed by atoms with Crippen LogP contribution in [0.5, 0.6) is 0 Å². The summed E-state index contributed by atoms with van der Waals surface area (Å²) in [6.45, 7) is 25.1. The lowest BCUT2D eigenvalue weighted by Gasteiger charge is -2.52. The van der Waals surface area contributed by atoms with Gasteiger partial charge >= 0.3 is 34.6 Å². The smallest absolute Gasteiger partial charge is 0.404 e. The third-order valence-corrected chi connectivity index (χ3v) is 21.9. The molecule has 0 N–H and O–H groups in total. The van der Waals surface area contributed by atoms with E-state index >= 15 is 0 Å². The van der Waals surface area contributed by atoms with Crippen LogP contribution in [0.15, 0.2) is 0 Å². The van der Waals surface area contributed by atoms with Crippen molar-refractivity contribution in [3.63, 3.8) is 0 Å². The Morgan fingerprint density at radius 3 is 0.875 bits per heavy atom. The summed E-state index contributed by atoms with van der Waals surface area (Å²) in [5, 5.41) is 0. The van der Waals surface area contributed by atoms with Crippen LogP contribution in [-0.4, -0.2) is 69.9 Å². The highest BCUT2D eigenvalue weighted by atomic mass is 28.5. The van der Waals surface area contributed by atoms with Gasteiger partial charge in [-0.25, -0.2) is 0 Å². The van der Waals surface area contributed by atoms with E-state index in [0.29, 0.717) is 0 Å². The lowest BCUT2D eigenvalue weighted by atomic mass is 10.7. The van der Waals surface area contributed by atoms with Crippen LogP contribution in [0.3, 0.4) is 0 Å². The van der Waals surface area contributed by atoms with E-state index in [2.05, 4.69) is 76.1 Å². The summed E-state index contributed by atoms with van der Waals surface area (Å²) in [7, 11) is -9.82. The Morgan fingerprint density at radius 2 is 0.708 bits per heavy atom. The SMILES string of the molecule is CCN(CC)[Si]1(C)O[Si](C)(C)O[Si](C)(N(CC)CC)O[Si](C)(C)O1. The summed E-state index contributed by atoms with van der Waals surface area (Å²) in [6.07, 6.45) is 0. The van der Waals surface area contributed by atoms with Gasteiger partial charge < -0.3 is 16.5 Å². The van der Waals surface area contributed by atoms with Gasteiger partial charge in [0.05, 0.1) is 0 Å². The number of nitrogens with zero attached hydrogens (tertiary/aromatic N) is 2. The van der Waals surface area contributed by atoms with Crippen molar-refractivity contribution in [2.24, 2.45) is 0 Å². The quantitative estimate of drug-likeness (QED) is 0.626. The predicted molar refractivity (Wildman–Crippen MR) is 108 cm³/mol. The number of hydrogen-bond acceptors (Lipinski definition) is 6. The zero-order valence-electron chi connectivity index (χ0n) is 17.4. The van der Waals surface area contributed by atoms with E-state index in [9.17, 15) is 0 Å². The van der Waals surface area contributed by atoms with Crippen LogP contribution in [0.1, 0.15) is 27.7 Å². The molecule has 0 amide bonds. The van der Waals surface area contributed by atoms with Gasteiger partial charge in [-0.1, -0.05) is 27.7 Å². The first-order valence-corrected chi connectivity index (χ1v) is 19.3. The molecule has 0 radical (unpaired) electrons. The van der Waals surface area contributed by atoms with Gasteiger partial charge in [-0.3, -0.25) is 9.13 Å². The van der Waals surface area contributed by atoms with Crippen LogP contribution in [0, 0.1) is 0 Å². The van der Waals surface area contributed by atoms with Crippen LogP contribution < -0.4 is 0 Å². The fraction of sp³-hybridized carbons (Fsp3) is 1.00. The molecule has 24 heavy (non-hydrogen) atoms. The maximum atomic E-state index is 6.70. The highest BCUT2D eigenvalue weighted by Crippen LogP contribution is 2.33. The molecule has 0 spiro atoms. The summed E-state index contributed by atoms with van der Waals surface area (Å²) in [4.78, 5) is 0. The second-order valence-corrected chi connectivity index (χ2v) is 21.1. The van der Waals surface area contributed by atoms with Gasteiger partial charge in [0, 0.05) is 0 Å². The monoisotopic (exact) mass is 410 g/mol. The molecule has 0 aromatic carbocycles. The maximum absolute atomic E-state index is 6.70. The van der Waals surface area contributed by atoms with Crippen molar-refractivity contribution < 1.29 is 16.5 Å². The van der Waals surface area contributed by atoms with Crippen molar-refractivity contribution in [3.8, 4) is 0 Å². The first-order chi connectivity index (χ1) is 10.9. The molecule has 0 unspecified atom stereocenters. The maximum Gasteiger partial charge on any atom is 0.406 e. The van der Waals surface area contributed by atoms with Crippen LogP contribution in [0.4, 0.5) is 0 Å². The molecular formula is C14H38N2O4Si4. The molecule has 0 aromatic rings. The lowest BCUT2D eigenvalue weighted by molar-refractivity contribution is 0.159. The predicted octanol–water partition coefficient (Wildman–Crippen LogP) is 3.29. The highest BCUT2D eigenvalue weighted by molar-refractivity contribution is 6.92. The molecule has 1 heterocycles. The second kappa shape index (κ2) is 8.11. The number of hydrogen-bond donors (Lipinski definition) is 0. The van der Waals surface area contributed by atoms with Gasteiger partial charge in [-0.15, -0.1) is 0 Å². The van der Waals surface area contributed by atoms with E-state index in [0.717, 1.165) is 26.2 Å². The zero-order chi connectivity index (χ0) is 18.8. The Balaban J connectivity index is 3.27. The molecule has 144 valence electrons. The van der Waals surface area contributed by atoms with Gasteiger partial charge in [0.2, 0.25) is 0 Å². The minimum absolute atomic E-state index is 0.916. The Morgan fingerprint density at radius 1 is 0.500 bits per heavy atom. The van der Waals surface area contributed by atoms with Crippen molar-refractivity contribution in [2.45, 2.75) is 67.0 Å². The molecule has 10 heteroatoms. The molecule has 1 rings (SSSR count). The topological polar surface area (TPSA) is 43.4 Å². The fourth-order valence-electron chi connectivity index (χ4n) is 3.76. The zero-order valence-corrected chi connectivity index (χ0v) is 21.4. The molecule has 1 saturated heterocycles. The molecular weight excluding hydrogens is 373 g/mol. The van der Waals surface area contributed by atoms with Crippen molar-refractivity contribution in [2.75, 3.05) is 26.2 Å². The molecule has 6 nitrogen and oxygen atoms in total. The normalized spacial score (nSPS) is 33.5. The van der Waals surface area contributed by atoms with E-state index in [1.807, 2.05) is 0 Å². The van der Waals surface area contributed by atoms with E-state index in [1.165, 1.54) is 0 Å². The first-order valence-electron chi connectivity index (χ1n) is 9.17. The van der Waals surface area contributed by atoms with E-state index in [-0.39, 0.29) is 0 Å². The van der Waals surface area contributed by atoms with Gasteiger partial charge in [0.15, 0.2) is 0 Å². The Labute approximate surface area is 153 Å². The first kappa shape index (κ1) is 22.7. The third-order valence-electron chi connectivity index (χ3n) is 4.42. The average molecular weight is 411 g/mol. The van der Waals surface area contributed by atoms with Gasteiger partial charge in [-0.05, 0) is 65.5 Å². The van der Waals surface area contributed by atoms with Crippen LogP contribution >= 0.6 is 0 Å². The number of rotatable bonds is 6. The van der Waals surface area contributed by atoms with Crippen molar-refractivity contribution in [1.82, 2.24) is 9.13 Å². The fourth-order valence-corrected chi connectivity index (χ4v) is 24.9. The molecule has 1 aliphatic heterocycles. The summed E-state index contributed by atoms with van der Waals surface area (Å²) in [5.74, 6) is 0. The summed E-state index contributed by atoms with van der Waals surface area (Å²) in [5.41, 5.74) is 0. The molecule has 0 atom stereocenters. The standard InChI is InChI=1S/C14H38N2O4Si4/c1-11-15(12-2)23(9)17-21(5,6)19-24(10,16(13-3)14-4)20-22(7,8)18-23/h11-14H2,1-10H3. The summed E-state index contributed by atoms with van der Waals surface area (Å²) in [6, 6.07) is 0. The summed E-state index contributed by atoms with van der Waals surface area (Å²) >= 11 is 0. The molecule has 1 fully saturated rings. The van der Waals surface area contributed by atoms with Crippen LogP contribution in [0.25, 0.3) is 0 Å². The Hall–Kier alpha value is 0.628. The van der Waals surface area contributed by atoms with E-state index in [4.69, 9.17) is 16.5 Å². The highest BCUT2D eigenvalue weighted by Gasteiger charge is 2.57. The van der Waals surface area contributed by atoms with Crippen LogP contribution in [0.2, 0.25) is 39.3 Å². The second-order valence-electron chi connectivity index (χ2n) is 7.35. The molecule has 0 saturated carbocycles. The van der Waals surface area contributed by atoms with Gasteiger partial charge in [0.1, 0.15) is 0 Å². The van der Waals surface area contributed by atoms with Crippen molar-refractivity contribution in [1.29, 1.82) is 0 Å². The third kappa shape index (κ3) is 5.31. The molecule has 1 aliphatic rings. The minimum Gasteiger partial charge on any atom is -0.404 e. The minimum atomic E-state index is -2.53. The van der Waals surface area contributed by atoms with Crippen molar-refractivity contribution >= 4 is 34.6 Å². The molecule has 0 aliphatic carbocycles. The molecule has 0 bridgehead atoms. The van der Waals surface area contributed by atoms with Gasteiger partial charge in [-0.2, -0.15) is 0 Å². The Bertz CT molecular complexity index is 364. The largest absolute Gasteiger partial charge is 0.406 e. The van der Waals surface area contributed by atoms with Crippen molar-refractivity contribution in [3.05, 3.63) is 0 Å². The average Bonchev–Trinajstić information content (AvgIpc) is 2.35. The van der Waals surface area contributed by atoms with Gasteiger partial charge in [0.25, 0.3) is 0 Å². The summed E-state index contributed by atoms with van der Waals surface area (Å²) < 4.78 is 31.5. The molecule has 0 aromatic heterocycles. The van der Waals surface area contributed by atoms with E-state index in [1.54, 1.807) is 0 Å². The lowest BCUT2D eigenvalue weighted by Crippen LogP contribution is -2.74. The van der Waals surface area contributed by atoms with E-state index < -0.39 is 34.6 Å².